The van der Waals surface area contributed by atoms with Crippen LogP contribution in [0.4, 0.5) is 14.6 Å². The number of pyridine rings is 1. The molecule has 3 saturated heterocycles. The van der Waals surface area contributed by atoms with Crippen molar-refractivity contribution in [2.45, 2.75) is 62.2 Å². The Bertz CT molecular complexity index is 1810. The Hall–Kier alpha value is -3.92. The minimum atomic E-state index is -0.921. The zero-order valence-corrected chi connectivity index (χ0v) is 28.7. The van der Waals surface area contributed by atoms with Gasteiger partial charge in [0, 0.05) is 62.0 Å². The van der Waals surface area contributed by atoms with Crippen LogP contribution in [0.1, 0.15) is 50.0 Å². The lowest BCUT2D eigenvalue weighted by Crippen LogP contribution is -2.55. The number of carbonyl (C=O) groups is 1. The summed E-state index contributed by atoms with van der Waals surface area (Å²) >= 11 is 6.62. The third-order valence-electron chi connectivity index (χ3n) is 10.3. The summed E-state index contributed by atoms with van der Waals surface area (Å²) in [6.07, 6.45) is 8.26. The highest BCUT2D eigenvalue weighted by molar-refractivity contribution is 6.32. The van der Waals surface area contributed by atoms with Crippen LogP contribution in [0.5, 0.6) is 6.01 Å². The molecule has 13 heteroatoms. The fourth-order valence-electron chi connectivity index (χ4n) is 7.77. The van der Waals surface area contributed by atoms with E-state index in [4.69, 9.17) is 21.3 Å². The van der Waals surface area contributed by atoms with Crippen molar-refractivity contribution >= 4 is 34.2 Å². The number of halogens is 3. The number of amides is 1. The zero-order valence-electron chi connectivity index (χ0n) is 27.9. The van der Waals surface area contributed by atoms with Crippen molar-refractivity contribution in [3.63, 3.8) is 0 Å². The molecular formula is C36H41ClF2N8O2. The standard InChI is InChI=1S/C36H41ClF2N8O2/c1-44(2)14-4-8-29(48)47-17-16-45(21-25(47)11-13-40)34-27-19-41-32(26-6-3-7-28(37)30(26)23-9-10-23)31(39)33(27)42-35(43-34)49-22-36-12-5-15-46(36)20-24(38)18-36/h3-4,6-8,19,23-25H,5,9-12,14-18,20-22H2,1-2H3/b8-4+/t24?,25-,36-/m0/s1. The zero-order chi connectivity index (χ0) is 34.3. The van der Waals surface area contributed by atoms with Crippen LogP contribution in [-0.2, 0) is 4.79 Å². The number of nitriles is 1. The molecule has 258 valence electrons. The first-order valence-corrected chi connectivity index (χ1v) is 17.5. The van der Waals surface area contributed by atoms with E-state index in [1.54, 1.807) is 29.3 Å². The molecule has 7 rings (SSSR count). The second-order valence-electron chi connectivity index (χ2n) is 14.0. The van der Waals surface area contributed by atoms with Gasteiger partial charge in [-0.2, -0.15) is 15.2 Å². The maximum atomic E-state index is 16.8. The highest BCUT2D eigenvalue weighted by atomic mass is 35.5. The van der Waals surface area contributed by atoms with Crippen molar-refractivity contribution in [3.8, 4) is 23.3 Å². The van der Waals surface area contributed by atoms with Gasteiger partial charge < -0.3 is 19.4 Å². The van der Waals surface area contributed by atoms with Gasteiger partial charge in [0.15, 0.2) is 5.82 Å². The highest BCUT2D eigenvalue weighted by Crippen LogP contribution is 2.48. The third kappa shape index (κ3) is 6.68. The number of hydrogen-bond acceptors (Lipinski definition) is 9. The molecule has 5 heterocycles. The van der Waals surface area contributed by atoms with Crippen molar-refractivity contribution < 1.29 is 18.3 Å². The van der Waals surface area contributed by atoms with Crippen molar-refractivity contribution in [1.82, 2.24) is 29.7 Å². The van der Waals surface area contributed by atoms with Crippen LogP contribution >= 0.6 is 11.6 Å². The molecule has 3 aromatic rings. The molecule has 10 nitrogen and oxygen atoms in total. The minimum Gasteiger partial charge on any atom is -0.461 e. The Morgan fingerprint density at radius 1 is 1.22 bits per heavy atom. The Labute approximate surface area is 290 Å². The first-order valence-electron chi connectivity index (χ1n) is 17.1. The summed E-state index contributed by atoms with van der Waals surface area (Å²) in [6, 6.07) is 7.26. The van der Waals surface area contributed by atoms with Gasteiger partial charge in [-0.15, -0.1) is 0 Å². The van der Waals surface area contributed by atoms with Gasteiger partial charge in [0.25, 0.3) is 0 Å². The van der Waals surface area contributed by atoms with Crippen LogP contribution in [-0.4, -0.2) is 113 Å². The lowest BCUT2D eigenvalue weighted by atomic mass is 9.95. The predicted molar refractivity (Wildman–Crippen MR) is 184 cm³/mol. The van der Waals surface area contributed by atoms with Crippen LogP contribution in [0.15, 0.2) is 36.5 Å². The summed E-state index contributed by atoms with van der Waals surface area (Å²) in [6.45, 7) is 3.05. The smallest absolute Gasteiger partial charge is 0.319 e. The van der Waals surface area contributed by atoms with Crippen LogP contribution in [0.2, 0.25) is 5.02 Å². The molecule has 1 aromatic carbocycles. The number of piperazine rings is 1. The monoisotopic (exact) mass is 690 g/mol. The molecule has 1 amide bonds. The fraction of sp³-hybridized carbons (Fsp3) is 0.528. The van der Waals surface area contributed by atoms with Crippen molar-refractivity contribution in [1.29, 1.82) is 5.26 Å². The van der Waals surface area contributed by atoms with Gasteiger partial charge >= 0.3 is 6.01 Å². The number of anilines is 1. The van der Waals surface area contributed by atoms with E-state index in [9.17, 15) is 14.4 Å². The van der Waals surface area contributed by atoms with Gasteiger partial charge in [0.2, 0.25) is 5.91 Å². The molecule has 1 aliphatic carbocycles. The summed E-state index contributed by atoms with van der Waals surface area (Å²) in [4.78, 5) is 35.0. The molecule has 49 heavy (non-hydrogen) atoms. The Kier molecular flexibility index (Phi) is 9.43. The molecule has 3 atom stereocenters. The summed E-state index contributed by atoms with van der Waals surface area (Å²) in [5.74, 6) is -0.0884. The third-order valence-corrected chi connectivity index (χ3v) is 10.6. The van der Waals surface area contributed by atoms with E-state index in [0.29, 0.717) is 60.9 Å². The van der Waals surface area contributed by atoms with Crippen LogP contribution in [0, 0.1) is 17.1 Å². The van der Waals surface area contributed by atoms with Crippen molar-refractivity contribution in [3.05, 3.63) is 53.0 Å². The van der Waals surface area contributed by atoms with E-state index < -0.39 is 23.6 Å². The van der Waals surface area contributed by atoms with Gasteiger partial charge in [0.1, 0.15) is 29.8 Å². The molecule has 0 bridgehead atoms. The summed E-state index contributed by atoms with van der Waals surface area (Å²) < 4.78 is 37.6. The first kappa shape index (κ1) is 33.6. The largest absolute Gasteiger partial charge is 0.461 e. The number of alkyl halides is 1. The Morgan fingerprint density at radius 2 is 2.06 bits per heavy atom. The molecule has 4 aliphatic rings. The average molecular weight is 691 g/mol. The lowest BCUT2D eigenvalue weighted by molar-refractivity contribution is -0.128. The normalized spacial score (nSPS) is 24.3. The van der Waals surface area contributed by atoms with Crippen molar-refractivity contribution in [2.75, 3.05) is 64.9 Å². The Morgan fingerprint density at radius 3 is 2.84 bits per heavy atom. The maximum absolute atomic E-state index is 16.8. The molecule has 0 N–H and O–H groups in total. The Balaban J connectivity index is 1.26. The summed E-state index contributed by atoms with van der Waals surface area (Å²) in [5, 5.41) is 10.7. The average Bonchev–Trinajstić information content (AvgIpc) is 3.76. The number of benzene rings is 1. The van der Waals surface area contributed by atoms with Gasteiger partial charge in [-0.3, -0.25) is 14.7 Å². The second kappa shape index (κ2) is 13.8. The second-order valence-corrected chi connectivity index (χ2v) is 14.4. The number of hydrogen-bond donors (Lipinski definition) is 0. The van der Waals surface area contributed by atoms with E-state index in [2.05, 4.69) is 20.9 Å². The van der Waals surface area contributed by atoms with Crippen LogP contribution < -0.4 is 9.64 Å². The van der Waals surface area contributed by atoms with Gasteiger partial charge in [0.05, 0.1) is 29.5 Å². The minimum absolute atomic E-state index is 0.00227. The number of nitrogens with zero attached hydrogens (tertiary/aromatic N) is 8. The predicted octanol–water partition coefficient (Wildman–Crippen LogP) is 5.37. The summed E-state index contributed by atoms with van der Waals surface area (Å²) in [5.41, 5.74) is 1.31. The van der Waals surface area contributed by atoms with Crippen LogP contribution in [0.25, 0.3) is 22.2 Å². The van der Waals surface area contributed by atoms with E-state index in [0.717, 1.165) is 37.8 Å². The van der Waals surface area contributed by atoms with E-state index in [1.165, 1.54) is 0 Å². The SMILES string of the molecule is CN(C)C/C=C/C(=O)N1CCN(c2nc(OC[C@@]34CCCN3CC(F)C4)nc3c(F)c(-c4cccc(Cl)c4C4CC4)ncc23)C[C@@H]1CC#N. The molecule has 1 unspecified atom stereocenters. The molecule has 0 radical (unpaired) electrons. The van der Waals surface area contributed by atoms with E-state index in [-0.39, 0.29) is 42.1 Å². The lowest BCUT2D eigenvalue weighted by Gasteiger charge is -2.41. The van der Waals surface area contributed by atoms with Crippen LogP contribution in [0.3, 0.4) is 0 Å². The molecule has 1 saturated carbocycles. The van der Waals surface area contributed by atoms with E-state index >= 15 is 4.39 Å². The van der Waals surface area contributed by atoms with Crippen molar-refractivity contribution in [2.24, 2.45) is 0 Å². The number of rotatable bonds is 10. The fourth-order valence-corrected chi connectivity index (χ4v) is 8.10. The molecule has 0 spiro atoms. The molecule has 4 fully saturated rings. The van der Waals surface area contributed by atoms with Gasteiger partial charge in [-0.1, -0.05) is 29.8 Å². The van der Waals surface area contributed by atoms with E-state index in [1.807, 2.05) is 36.0 Å². The number of ether oxygens (including phenoxy) is 1. The summed E-state index contributed by atoms with van der Waals surface area (Å²) in [7, 11) is 3.85. The number of fused-ring (bicyclic) bond motifs is 2. The molecule has 3 aliphatic heterocycles. The van der Waals surface area contributed by atoms with Gasteiger partial charge in [-0.25, -0.2) is 8.78 Å². The maximum Gasteiger partial charge on any atom is 0.319 e. The van der Waals surface area contributed by atoms with Gasteiger partial charge in [-0.05, 0) is 63.9 Å². The topological polar surface area (TPSA) is 102 Å². The first-order chi connectivity index (χ1) is 23.7. The molecule has 2 aromatic heterocycles. The number of aromatic nitrogens is 3. The number of likely N-dealkylation sites (N-methyl/N-ethyl adjacent to an activating group) is 1. The number of carbonyl (C=O) groups excluding carboxylic acids is 1. The highest BCUT2D eigenvalue weighted by Gasteiger charge is 2.49. The quantitative estimate of drug-likeness (QED) is 0.260. The molecular weight excluding hydrogens is 650 g/mol.